The minimum atomic E-state index is -3.84. The fourth-order valence-corrected chi connectivity index (χ4v) is 4.59. The first-order chi connectivity index (χ1) is 8.90. The Bertz CT molecular complexity index is 569. The summed E-state index contributed by atoms with van der Waals surface area (Å²) in [5.41, 5.74) is 6.06. The largest absolute Gasteiger partial charge is 0.399 e. The van der Waals surface area contributed by atoms with Gasteiger partial charge in [-0.05, 0) is 48.5 Å². The minimum absolute atomic E-state index is 0.233. The van der Waals surface area contributed by atoms with Gasteiger partial charge >= 0.3 is 0 Å². The third kappa shape index (κ3) is 3.40. The molecule has 1 saturated heterocycles. The van der Waals surface area contributed by atoms with Gasteiger partial charge in [0.2, 0.25) is 10.0 Å². The van der Waals surface area contributed by atoms with Crippen LogP contribution < -0.4 is 10.5 Å². The quantitative estimate of drug-likeness (QED) is 0.831. The third-order valence-electron chi connectivity index (χ3n) is 3.12. The van der Waals surface area contributed by atoms with Crippen molar-refractivity contribution >= 4 is 27.5 Å². The SMILES string of the molecule is Cc1cc(N)cc(S(=O)(=O)NCC2CCSC2)c1F. The molecule has 0 aromatic heterocycles. The molecule has 19 heavy (non-hydrogen) atoms. The van der Waals surface area contributed by atoms with Gasteiger partial charge in [-0.3, -0.25) is 0 Å². The molecule has 1 atom stereocenters. The number of thioether (sulfide) groups is 1. The van der Waals surface area contributed by atoms with E-state index in [1.54, 1.807) is 0 Å². The maximum atomic E-state index is 13.9. The number of rotatable bonds is 4. The van der Waals surface area contributed by atoms with Crippen molar-refractivity contribution in [2.75, 3.05) is 23.8 Å². The van der Waals surface area contributed by atoms with Gasteiger partial charge in [0.05, 0.1) is 0 Å². The first-order valence-electron chi connectivity index (χ1n) is 6.03. The number of hydrogen-bond acceptors (Lipinski definition) is 4. The summed E-state index contributed by atoms with van der Waals surface area (Å²) < 4.78 is 40.6. The molecule has 0 aliphatic carbocycles. The molecule has 1 aliphatic heterocycles. The van der Waals surface area contributed by atoms with Gasteiger partial charge in [-0.25, -0.2) is 17.5 Å². The Kier molecular flexibility index (Phi) is 4.37. The molecule has 3 N–H and O–H groups in total. The maximum Gasteiger partial charge on any atom is 0.243 e. The number of anilines is 1. The second-order valence-corrected chi connectivity index (χ2v) is 7.62. The molecular weight excluding hydrogens is 287 g/mol. The van der Waals surface area contributed by atoms with Crippen molar-refractivity contribution in [3.05, 3.63) is 23.5 Å². The van der Waals surface area contributed by atoms with Crippen LogP contribution >= 0.6 is 11.8 Å². The highest BCUT2D eigenvalue weighted by Crippen LogP contribution is 2.24. The standard InChI is InChI=1S/C12H17FN2O2S2/c1-8-4-10(14)5-11(12(8)13)19(16,17)15-6-9-2-3-18-7-9/h4-5,9,15H,2-3,6-7,14H2,1H3. The van der Waals surface area contributed by atoms with E-state index >= 15 is 0 Å². The van der Waals surface area contributed by atoms with Crippen molar-refractivity contribution in [3.8, 4) is 0 Å². The Labute approximate surface area is 117 Å². The Balaban J connectivity index is 2.19. The molecule has 0 spiro atoms. The van der Waals surface area contributed by atoms with E-state index in [2.05, 4.69) is 4.72 Å². The smallest absolute Gasteiger partial charge is 0.243 e. The molecule has 7 heteroatoms. The van der Waals surface area contributed by atoms with E-state index in [9.17, 15) is 12.8 Å². The van der Waals surface area contributed by atoms with E-state index in [1.807, 2.05) is 11.8 Å². The summed E-state index contributed by atoms with van der Waals surface area (Å²) in [5, 5.41) is 0. The summed E-state index contributed by atoms with van der Waals surface area (Å²) in [5.74, 6) is 1.59. The van der Waals surface area contributed by atoms with E-state index in [4.69, 9.17) is 5.73 Å². The number of halogens is 1. The summed E-state index contributed by atoms with van der Waals surface area (Å²) in [6, 6.07) is 2.58. The molecule has 0 radical (unpaired) electrons. The summed E-state index contributed by atoms with van der Waals surface area (Å²) >= 11 is 1.81. The van der Waals surface area contributed by atoms with Crippen molar-refractivity contribution < 1.29 is 12.8 Å². The summed E-state index contributed by atoms with van der Waals surface area (Å²) in [6.07, 6.45) is 0.992. The van der Waals surface area contributed by atoms with Crippen molar-refractivity contribution in [1.29, 1.82) is 0 Å². The van der Waals surface area contributed by atoms with Crippen LogP contribution in [0.1, 0.15) is 12.0 Å². The van der Waals surface area contributed by atoms with Gasteiger partial charge in [0.1, 0.15) is 10.7 Å². The second-order valence-electron chi connectivity index (χ2n) is 4.73. The monoisotopic (exact) mass is 304 g/mol. The van der Waals surface area contributed by atoms with Crippen molar-refractivity contribution in [1.82, 2.24) is 4.72 Å². The molecule has 4 nitrogen and oxygen atoms in total. The zero-order chi connectivity index (χ0) is 14.0. The number of nitrogens with one attached hydrogen (secondary N) is 1. The molecule has 1 heterocycles. The van der Waals surface area contributed by atoms with Crippen LogP contribution in [0.15, 0.2) is 17.0 Å². The lowest BCUT2D eigenvalue weighted by Gasteiger charge is -2.12. The average Bonchev–Trinajstić information content (AvgIpc) is 2.84. The van der Waals surface area contributed by atoms with Gasteiger partial charge in [-0.1, -0.05) is 0 Å². The predicted molar refractivity (Wildman–Crippen MR) is 76.2 cm³/mol. The van der Waals surface area contributed by atoms with Gasteiger partial charge < -0.3 is 5.73 Å². The van der Waals surface area contributed by atoms with Gasteiger partial charge in [-0.15, -0.1) is 0 Å². The van der Waals surface area contributed by atoms with Gasteiger partial charge in [-0.2, -0.15) is 11.8 Å². The Morgan fingerprint density at radius 3 is 2.89 bits per heavy atom. The molecule has 0 amide bonds. The van der Waals surface area contributed by atoms with Gasteiger partial charge in [0.15, 0.2) is 0 Å². The van der Waals surface area contributed by atoms with Crippen molar-refractivity contribution in [2.45, 2.75) is 18.2 Å². The van der Waals surface area contributed by atoms with Gasteiger partial charge in [0, 0.05) is 12.2 Å². The van der Waals surface area contributed by atoms with Crippen molar-refractivity contribution in [3.63, 3.8) is 0 Å². The highest BCUT2D eigenvalue weighted by Gasteiger charge is 2.23. The summed E-state index contributed by atoms with van der Waals surface area (Å²) in [4.78, 5) is -0.365. The van der Waals surface area contributed by atoms with Gasteiger partial charge in [0.25, 0.3) is 0 Å². The predicted octanol–water partition coefficient (Wildman–Crippen LogP) is 1.75. The maximum absolute atomic E-state index is 13.9. The first kappa shape index (κ1) is 14.6. The topological polar surface area (TPSA) is 72.2 Å². The van der Waals surface area contributed by atoms with E-state index < -0.39 is 15.8 Å². The van der Waals surface area contributed by atoms with E-state index in [0.29, 0.717) is 12.5 Å². The lowest BCUT2D eigenvalue weighted by atomic mass is 10.1. The second kappa shape index (κ2) is 5.68. The molecule has 1 unspecified atom stereocenters. The number of sulfonamides is 1. The van der Waals surface area contributed by atoms with Crippen LogP contribution in [-0.2, 0) is 10.0 Å². The minimum Gasteiger partial charge on any atom is -0.399 e. The van der Waals surface area contributed by atoms with E-state index in [0.717, 1.165) is 24.0 Å². The number of nitrogen functional groups attached to an aromatic ring is 1. The molecule has 0 saturated carbocycles. The molecule has 1 fully saturated rings. The molecule has 106 valence electrons. The Morgan fingerprint density at radius 1 is 1.53 bits per heavy atom. The number of aryl methyl sites for hydroxylation is 1. The zero-order valence-electron chi connectivity index (χ0n) is 10.6. The molecular formula is C12H17FN2O2S2. The number of nitrogens with two attached hydrogens (primary N) is 1. The third-order valence-corrected chi connectivity index (χ3v) is 5.77. The summed E-state index contributed by atoms with van der Waals surface area (Å²) in [7, 11) is -3.84. The molecule has 1 aromatic rings. The number of benzene rings is 1. The van der Waals surface area contributed by atoms with Crippen LogP contribution in [0, 0.1) is 18.7 Å². The van der Waals surface area contributed by atoms with Crippen LogP contribution in [0.25, 0.3) is 0 Å². The van der Waals surface area contributed by atoms with Crippen LogP contribution in [0.4, 0.5) is 10.1 Å². The molecule has 2 rings (SSSR count). The molecule has 0 bridgehead atoms. The molecule has 1 aliphatic rings. The molecule has 1 aromatic carbocycles. The fourth-order valence-electron chi connectivity index (χ4n) is 2.01. The van der Waals surface area contributed by atoms with Crippen LogP contribution in [-0.4, -0.2) is 26.5 Å². The zero-order valence-corrected chi connectivity index (χ0v) is 12.3. The fraction of sp³-hybridized carbons (Fsp3) is 0.500. The van der Waals surface area contributed by atoms with Crippen molar-refractivity contribution in [2.24, 2.45) is 5.92 Å². The van der Waals surface area contributed by atoms with Crippen LogP contribution in [0.5, 0.6) is 0 Å². The number of hydrogen-bond donors (Lipinski definition) is 2. The summed E-state index contributed by atoms with van der Waals surface area (Å²) in [6.45, 7) is 1.85. The average molecular weight is 304 g/mol. The Morgan fingerprint density at radius 2 is 2.26 bits per heavy atom. The normalized spacial score (nSPS) is 19.8. The Hall–Kier alpha value is -0.790. The lowest BCUT2D eigenvalue weighted by Crippen LogP contribution is -2.30. The van der Waals surface area contributed by atoms with E-state index in [1.165, 1.54) is 13.0 Å². The lowest BCUT2D eigenvalue weighted by molar-refractivity contribution is 0.532. The van der Waals surface area contributed by atoms with Crippen LogP contribution in [0.3, 0.4) is 0 Å². The van der Waals surface area contributed by atoms with E-state index in [-0.39, 0.29) is 16.1 Å². The highest BCUT2D eigenvalue weighted by molar-refractivity contribution is 7.99. The van der Waals surface area contributed by atoms with Crippen LogP contribution in [0.2, 0.25) is 0 Å². The first-order valence-corrected chi connectivity index (χ1v) is 8.67. The highest BCUT2D eigenvalue weighted by atomic mass is 32.2.